The maximum Gasteiger partial charge on any atom is 0.416 e. The smallest absolute Gasteiger partial charge is 0.362 e. The summed E-state index contributed by atoms with van der Waals surface area (Å²) in [5.41, 5.74) is -0.154. The molecule has 0 aliphatic heterocycles. The number of nitrogens with one attached hydrogen (secondary N) is 2. The van der Waals surface area contributed by atoms with Crippen molar-refractivity contribution in [2.24, 2.45) is 0 Å². The first-order valence-corrected chi connectivity index (χ1v) is 7.22. The summed E-state index contributed by atoms with van der Waals surface area (Å²) in [6.07, 6.45) is -3.85. The summed E-state index contributed by atoms with van der Waals surface area (Å²) in [5, 5.41) is 5.36. The molecule has 0 saturated heterocycles. The summed E-state index contributed by atoms with van der Waals surface area (Å²) in [6, 6.07) is 11.8. The molecule has 23 heavy (non-hydrogen) atoms. The van der Waals surface area contributed by atoms with Crippen LogP contribution in [0.3, 0.4) is 0 Å². The molecule has 7 heteroatoms. The van der Waals surface area contributed by atoms with Crippen molar-refractivity contribution in [1.82, 2.24) is 5.32 Å². The van der Waals surface area contributed by atoms with Crippen LogP contribution in [0.2, 0.25) is 0 Å². The van der Waals surface area contributed by atoms with E-state index >= 15 is 0 Å². The van der Waals surface area contributed by atoms with E-state index in [4.69, 9.17) is 12.2 Å². The number of halogens is 4. The van der Waals surface area contributed by atoms with E-state index in [1.807, 2.05) is 30.3 Å². The topological polar surface area (TPSA) is 24.1 Å². The van der Waals surface area contributed by atoms with Crippen LogP contribution in [0, 0.1) is 5.82 Å². The third-order valence-electron chi connectivity index (χ3n) is 3.08. The highest BCUT2D eigenvalue weighted by Gasteiger charge is 2.31. The first-order valence-electron chi connectivity index (χ1n) is 6.82. The van der Waals surface area contributed by atoms with Crippen LogP contribution in [0.1, 0.15) is 11.1 Å². The first kappa shape index (κ1) is 17.2. The molecular weight excluding hydrogens is 328 g/mol. The summed E-state index contributed by atoms with van der Waals surface area (Å²) in [4.78, 5) is 0. The number of hydrogen-bond donors (Lipinski definition) is 2. The Morgan fingerprint density at radius 1 is 1.04 bits per heavy atom. The molecule has 2 N–H and O–H groups in total. The molecule has 0 saturated carbocycles. The highest BCUT2D eigenvalue weighted by molar-refractivity contribution is 7.80. The molecule has 122 valence electrons. The number of hydrogen-bond acceptors (Lipinski definition) is 1. The molecular formula is C16H14F4N2S. The van der Waals surface area contributed by atoms with E-state index < -0.39 is 17.6 Å². The van der Waals surface area contributed by atoms with Gasteiger partial charge in [0.2, 0.25) is 0 Å². The van der Waals surface area contributed by atoms with Gasteiger partial charge < -0.3 is 10.6 Å². The molecule has 0 radical (unpaired) electrons. The van der Waals surface area contributed by atoms with Gasteiger partial charge in [0.05, 0.1) is 11.3 Å². The van der Waals surface area contributed by atoms with Crippen LogP contribution in [-0.4, -0.2) is 11.7 Å². The molecule has 0 bridgehead atoms. The summed E-state index contributed by atoms with van der Waals surface area (Å²) in [6.45, 7) is 0.483. The quantitative estimate of drug-likeness (QED) is 0.637. The molecule has 0 aliphatic rings. The molecule has 0 spiro atoms. The zero-order valence-corrected chi connectivity index (χ0v) is 12.8. The molecule has 0 amide bonds. The molecule has 2 aromatic carbocycles. The fraction of sp³-hybridized carbons (Fsp3) is 0.188. The van der Waals surface area contributed by atoms with Gasteiger partial charge in [-0.05, 0) is 42.4 Å². The molecule has 0 heterocycles. The van der Waals surface area contributed by atoms with Crippen molar-refractivity contribution in [3.63, 3.8) is 0 Å². The molecule has 2 aromatic rings. The van der Waals surface area contributed by atoms with Crippen LogP contribution >= 0.6 is 12.2 Å². The molecule has 0 atom stereocenters. The average Bonchev–Trinajstić information content (AvgIpc) is 2.49. The van der Waals surface area contributed by atoms with Crippen molar-refractivity contribution in [2.75, 3.05) is 11.9 Å². The van der Waals surface area contributed by atoms with Crippen LogP contribution < -0.4 is 10.6 Å². The Kier molecular flexibility index (Phi) is 5.54. The van der Waals surface area contributed by atoms with Gasteiger partial charge in [0.25, 0.3) is 0 Å². The zero-order valence-electron chi connectivity index (χ0n) is 12.0. The molecule has 2 nitrogen and oxygen atoms in total. The molecule has 0 aromatic heterocycles. The molecule has 0 fully saturated rings. The Balaban J connectivity index is 1.92. The number of thiocarbonyl (C=S) groups is 1. The SMILES string of the molecule is Fc1ccc(C(F)(F)F)cc1NC(=S)NCCc1ccccc1. The van der Waals surface area contributed by atoms with E-state index in [0.29, 0.717) is 25.1 Å². The second-order valence-electron chi connectivity index (χ2n) is 4.81. The maximum atomic E-state index is 13.6. The fourth-order valence-corrected chi connectivity index (χ4v) is 2.14. The van der Waals surface area contributed by atoms with Gasteiger partial charge in [-0.15, -0.1) is 0 Å². The van der Waals surface area contributed by atoms with E-state index in [1.54, 1.807) is 0 Å². The van der Waals surface area contributed by atoms with Gasteiger partial charge in [-0.3, -0.25) is 0 Å². The minimum absolute atomic E-state index is 0.0687. The summed E-state index contributed by atoms with van der Waals surface area (Å²) in [7, 11) is 0. The Labute approximate surface area is 136 Å². The third kappa shape index (κ3) is 5.21. The van der Waals surface area contributed by atoms with Gasteiger partial charge in [-0.2, -0.15) is 13.2 Å². The molecule has 0 aliphatic carbocycles. The lowest BCUT2D eigenvalue weighted by atomic mass is 10.1. The van der Waals surface area contributed by atoms with Crippen LogP contribution in [0.5, 0.6) is 0 Å². The van der Waals surface area contributed by atoms with Crippen LogP contribution in [0.4, 0.5) is 23.2 Å². The monoisotopic (exact) mass is 342 g/mol. The van der Waals surface area contributed by atoms with Gasteiger partial charge >= 0.3 is 6.18 Å². The highest BCUT2D eigenvalue weighted by atomic mass is 32.1. The second-order valence-corrected chi connectivity index (χ2v) is 5.22. The van der Waals surface area contributed by atoms with Crippen LogP contribution in [0.15, 0.2) is 48.5 Å². The zero-order chi connectivity index (χ0) is 16.9. The predicted octanol–water partition coefficient (Wildman–Crippen LogP) is 4.37. The predicted molar refractivity (Wildman–Crippen MR) is 85.8 cm³/mol. The van der Waals surface area contributed by atoms with E-state index in [-0.39, 0.29) is 10.8 Å². The van der Waals surface area contributed by atoms with Crippen molar-refractivity contribution in [3.05, 3.63) is 65.5 Å². The second kappa shape index (κ2) is 7.41. The van der Waals surface area contributed by atoms with Gasteiger partial charge in [0, 0.05) is 6.54 Å². The van der Waals surface area contributed by atoms with Crippen molar-refractivity contribution in [1.29, 1.82) is 0 Å². The largest absolute Gasteiger partial charge is 0.416 e. The van der Waals surface area contributed by atoms with Crippen molar-refractivity contribution in [3.8, 4) is 0 Å². The van der Waals surface area contributed by atoms with Gasteiger partial charge in [0.15, 0.2) is 5.11 Å². The van der Waals surface area contributed by atoms with Crippen molar-refractivity contribution >= 4 is 23.0 Å². The van der Waals surface area contributed by atoms with E-state index in [9.17, 15) is 17.6 Å². The van der Waals surface area contributed by atoms with Crippen molar-refractivity contribution < 1.29 is 17.6 Å². The number of benzene rings is 2. The number of anilines is 1. The van der Waals surface area contributed by atoms with Gasteiger partial charge in [-0.25, -0.2) is 4.39 Å². The van der Waals surface area contributed by atoms with Crippen molar-refractivity contribution in [2.45, 2.75) is 12.6 Å². The Bertz CT molecular complexity index is 672. The lowest BCUT2D eigenvalue weighted by Crippen LogP contribution is -2.30. The minimum Gasteiger partial charge on any atom is -0.362 e. The Morgan fingerprint density at radius 2 is 1.74 bits per heavy atom. The van der Waals surface area contributed by atoms with Crippen LogP contribution in [0.25, 0.3) is 0 Å². The molecule has 2 rings (SSSR count). The van der Waals surface area contributed by atoms with Crippen LogP contribution in [-0.2, 0) is 12.6 Å². The standard InChI is InChI=1S/C16H14F4N2S/c17-13-7-6-12(16(18,19)20)10-14(13)22-15(23)21-9-8-11-4-2-1-3-5-11/h1-7,10H,8-9H2,(H2,21,22,23). The lowest BCUT2D eigenvalue weighted by Gasteiger charge is -2.13. The molecule has 0 unspecified atom stereocenters. The normalized spacial score (nSPS) is 11.1. The summed E-state index contributed by atoms with van der Waals surface area (Å²) in [5.74, 6) is -0.801. The lowest BCUT2D eigenvalue weighted by molar-refractivity contribution is -0.137. The first-order chi connectivity index (χ1) is 10.9. The highest BCUT2D eigenvalue weighted by Crippen LogP contribution is 2.31. The van der Waals surface area contributed by atoms with E-state index in [2.05, 4.69) is 10.6 Å². The Hall–Kier alpha value is -2.15. The number of alkyl halides is 3. The van der Waals surface area contributed by atoms with Gasteiger partial charge in [0.1, 0.15) is 5.82 Å². The van der Waals surface area contributed by atoms with E-state index in [1.165, 1.54) is 0 Å². The summed E-state index contributed by atoms with van der Waals surface area (Å²) < 4.78 is 51.5. The Morgan fingerprint density at radius 3 is 2.39 bits per heavy atom. The maximum absolute atomic E-state index is 13.6. The fourth-order valence-electron chi connectivity index (χ4n) is 1.93. The average molecular weight is 342 g/mol. The summed E-state index contributed by atoms with van der Waals surface area (Å²) >= 11 is 4.98. The van der Waals surface area contributed by atoms with Gasteiger partial charge in [-0.1, -0.05) is 30.3 Å². The third-order valence-corrected chi connectivity index (χ3v) is 3.33. The number of rotatable bonds is 4. The van der Waals surface area contributed by atoms with E-state index in [0.717, 1.165) is 11.6 Å². The minimum atomic E-state index is -4.54.